The molecule has 0 unspecified atom stereocenters. The quantitative estimate of drug-likeness (QED) is 0.852. The molecule has 1 saturated heterocycles. The highest BCUT2D eigenvalue weighted by molar-refractivity contribution is 7.89. The maximum Gasteiger partial charge on any atom is 0.236 e. The molecule has 1 aromatic rings. The number of benzene rings is 1. The van der Waals surface area contributed by atoms with Gasteiger partial charge in [-0.15, -0.1) is 0 Å². The summed E-state index contributed by atoms with van der Waals surface area (Å²) in [6, 6.07) is 9.43. The second-order valence-electron chi connectivity index (χ2n) is 3.92. The minimum Gasteiger partial charge on any atom is -0.375 e. The average molecular weight is 257 g/mol. The first kappa shape index (κ1) is 12.5. The molecule has 0 radical (unpaired) electrons. The van der Waals surface area contributed by atoms with E-state index in [9.17, 15) is 8.42 Å². The summed E-state index contributed by atoms with van der Waals surface area (Å²) in [6.07, 6.45) is 0. The van der Waals surface area contributed by atoms with Crippen LogP contribution in [0.1, 0.15) is 5.56 Å². The van der Waals surface area contributed by atoms with E-state index >= 15 is 0 Å². The van der Waals surface area contributed by atoms with Gasteiger partial charge in [0.25, 0.3) is 0 Å². The first-order valence-corrected chi connectivity index (χ1v) is 7.00. The van der Waals surface area contributed by atoms with Gasteiger partial charge in [-0.25, -0.2) is 13.1 Å². The molecule has 1 heterocycles. The van der Waals surface area contributed by atoms with Crippen molar-refractivity contribution in [3.05, 3.63) is 35.9 Å². The first-order valence-electron chi connectivity index (χ1n) is 5.35. The van der Waals surface area contributed by atoms with Crippen LogP contribution in [0.5, 0.6) is 0 Å². The summed E-state index contributed by atoms with van der Waals surface area (Å²) in [6.45, 7) is 1.14. The highest BCUT2D eigenvalue weighted by atomic mass is 32.2. The summed E-state index contributed by atoms with van der Waals surface area (Å²) in [4.78, 5) is 0. The van der Waals surface area contributed by atoms with E-state index in [1.165, 1.54) is 0 Å². The van der Waals surface area contributed by atoms with Crippen LogP contribution >= 0.6 is 0 Å². The zero-order chi connectivity index (χ0) is 12.1. The van der Waals surface area contributed by atoms with Gasteiger partial charge in [-0.1, -0.05) is 30.3 Å². The van der Waals surface area contributed by atoms with Crippen LogP contribution < -0.4 is 4.72 Å². The molecule has 0 aliphatic carbocycles. The van der Waals surface area contributed by atoms with Crippen molar-refractivity contribution in [1.82, 2.24) is 4.72 Å². The third kappa shape index (κ3) is 4.08. The van der Waals surface area contributed by atoms with Gasteiger partial charge in [0.05, 0.1) is 25.9 Å². The van der Waals surface area contributed by atoms with Crippen LogP contribution in [0, 0.1) is 0 Å². The summed E-state index contributed by atoms with van der Waals surface area (Å²) in [7, 11) is -3.28. The Morgan fingerprint density at radius 1 is 1.35 bits per heavy atom. The fourth-order valence-electron chi connectivity index (χ4n) is 1.60. The smallest absolute Gasteiger partial charge is 0.236 e. The van der Waals surface area contributed by atoms with Crippen LogP contribution in [0.4, 0.5) is 0 Å². The molecule has 6 heteroatoms. The summed E-state index contributed by atoms with van der Waals surface area (Å²) in [5, 5.41) is 0. The number of sulfonamides is 1. The molecule has 1 aliphatic rings. The standard InChI is InChI=1S/C11H15NO4S/c13-17(14)9-16-8-11(12-17)7-15-6-10-4-2-1-3-5-10/h1-5,11-12H,6-9H2/t11-/m0/s1. The van der Waals surface area contributed by atoms with Gasteiger partial charge in [-0.3, -0.25) is 0 Å². The molecule has 94 valence electrons. The lowest BCUT2D eigenvalue weighted by molar-refractivity contribution is 0.0594. The second kappa shape index (κ2) is 5.59. The predicted molar refractivity (Wildman–Crippen MR) is 62.8 cm³/mol. The predicted octanol–water partition coefficient (Wildman–Crippen LogP) is 0.479. The minimum absolute atomic E-state index is 0.262. The minimum atomic E-state index is -3.28. The van der Waals surface area contributed by atoms with Gasteiger partial charge in [0.2, 0.25) is 10.0 Å². The molecule has 1 fully saturated rings. The van der Waals surface area contributed by atoms with Gasteiger partial charge in [0.1, 0.15) is 0 Å². The van der Waals surface area contributed by atoms with Crippen molar-refractivity contribution < 1.29 is 17.9 Å². The molecule has 1 N–H and O–H groups in total. The Morgan fingerprint density at radius 3 is 2.82 bits per heavy atom. The van der Waals surface area contributed by atoms with Crippen LogP contribution in [0.2, 0.25) is 0 Å². The maximum absolute atomic E-state index is 11.2. The summed E-state index contributed by atoms with van der Waals surface area (Å²) < 4.78 is 35.3. The zero-order valence-corrected chi connectivity index (χ0v) is 10.2. The Bertz CT molecular complexity index is 446. The van der Waals surface area contributed by atoms with Gasteiger partial charge in [-0.05, 0) is 5.56 Å². The molecule has 1 aliphatic heterocycles. The fourth-order valence-corrected chi connectivity index (χ4v) is 2.63. The monoisotopic (exact) mass is 257 g/mol. The molecule has 0 amide bonds. The van der Waals surface area contributed by atoms with Gasteiger partial charge in [0.15, 0.2) is 5.94 Å². The molecule has 17 heavy (non-hydrogen) atoms. The highest BCUT2D eigenvalue weighted by Gasteiger charge is 2.24. The van der Waals surface area contributed by atoms with Crippen LogP contribution in [0.25, 0.3) is 0 Å². The molecule has 0 bridgehead atoms. The molecule has 1 atom stereocenters. The molecule has 5 nitrogen and oxygen atoms in total. The van der Waals surface area contributed by atoms with Crippen LogP contribution in [-0.4, -0.2) is 33.6 Å². The molecular weight excluding hydrogens is 242 g/mol. The van der Waals surface area contributed by atoms with E-state index < -0.39 is 10.0 Å². The molecule has 0 aromatic heterocycles. The third-order valence-corrected chi connectivity index (χ3v) is 3.50. The molecule has 2 rings (SSSR count). The zero-order valence-electron chi connectivity index (χ0n) is 9.33. The van der Waals surface area contributed by atoms with E-state index in [4.69, 9.17) is 9.47 Å². The number of rotatable bonds is 4. The van der Waals surface area contributed by atoms with E-state index in [1.54, 1.807) is 0 Å². The Morgan fingerprint density at radius 2 is 2.12 bits per heavy atom. The highest BCUT2D eigenvalue weighted by Crippen LogP contribution is 2.04. The SMILES string of the molecule is O=S1(=O)COC[C@H](COCc2ccccc2)N1. The molecule has 0 saturated carbocycles. The number of hydrogen-bond donors (Lipinski definition) is 1. The number of hydrogen-bond acceptors (Lipinski definition) is 4. The average Bonchev–Trinajstić information content (AvgIpc) is 2.29. The van der Waals surface area contributed by atoms with Crippen molar-refractivity contribution in [2.45, 2.75) is 12.6 Å². The van der Waals surface area contributed by atoms with Gasteiger partial charge < -0.3 is 9.47 Å². The number of nitrogens with one attached hydrogen (secondary N) is 1. The van der Waals surface area contributed by atoms with Crippen LogP contribution in [0.15, 0.2) is 30.3 Å². The lowest BCUT2D eigenvalue weighted by Crippen LogP contribution is -2.47. The number of ether oxygens (including phenoxy) is 2. The van der Waals surface area contributed by atoms with Crippen molar-refractivity contribution in [2.75, 3.05) is 19.2 Å². The van der Waals surface area contributed by atoms with E-state index in [0.29, 0.717) is 19.8 Å². The van der Waals surface area contributed by atoms with Crippen molar-refractivity contribution in [3.63, 3.8) is 0 Å². The van der Waals surface area contributed by atoms with Gasteiger partial charge >= 0.3 is 0 Å². The van der Waals surface area contributed by atoms with Crippen LogP contribution in [-0.2, 0) is 26.1 Å². The molecule has 1 aromatic carbocycles. The van der Waals surface area contributed by atoms with Gasteiger partial charge in [0, 0.05) is 0 Å². The van der Waals surface area contributed by atoms with Crippen molar-refractivity contribution in [2.24, 2.45) is 0 Å². The lowest BCUT2D eigenvalue weighted by Gasteiger charge is -2.23. The Balaban J connectivity index is 1.76. The second-order valence-corrected chi connectivity index (χ2v) is 5.62. The van der Waals surface area contributed by atoms with E-state index in [-0.39, 0.29) is 12.0 Å². The van der Waals surface area contributed by atoms with Gasteiger partial charge in [-0.2, -0.15) is 0 Å². The van der Waals surface area contributed by atoms with E-state index in [2.05, 4.69) is 4.72 Å². The Hall–Kier alpha value is -0.950. The van der Waals surface area contributed by atoms with Crippen molar-refractivity contribution in [1.29, 1.82) is 0 Å². The maximum atomic E-state index is 11.2. The van der Waals surface area contributed by atoms with Crippen LogP contribution in [0.3, 0.4) is 0 Å². The Kier molecular flexibility index (Phi) is 4.11. The third-order valence-electron chi connectivity index (χ3n) is 2.33. The largest absolute Gasteiger partial charge is 0.375 e. The fraction of sp³-hybridized carbons (Fsp3) is 0.455. The normalized spacial score (nSPS) is 23.4. The lowest BCUT2D eigenvalue weighted by atomic mass is 10.2. The summed E-state index contributed by atoms with van der Waals surface area (Å²) >= 11 is 0. The first-order chi connectivity index (χ1) is 8.16. The Labute approximate surface area is 101 Å². The summed E-state index contributed by atoms with van der Waals surface area (Å²) in [5.74, 6) is -0.262. The van der Waals surface area contributed by atoms with Crippen molar-refractivity contribution >= 4 is 10.0 Å². The summed E-state index contributed by atoms with van der Waals surface area (Å²) in [5.41, 5.74) is 1.06. The van der Waals surface area contributed by atoms with E-state index in [1.807, 2.05) is 30.3 Å². The molecule has 0 spiro atoms. The topological polar surface area (TPSA) is 64.6 Å². The van der Waals surface area contributed by atoms with Crippen molar-refractivity contribution in [3.8, 4) is 0 Å². The van der Waals surface area contributed by atoms with E-state index in [0.717, 1.165) is 5.56 Å². The molecular formula is C11H15NO4S.